The van der Waals surface area contributed by atoms with Crippen molar-refractivity contribution in [2.24, 2.45) is 0 Å². The summed E-state index contributed by atoms with van der Waals surface area (Å²) < 4.78 is 19.4. The van der Waals surface area contributed by atoms with E-state index >= 15 is 0 Å². The number of carbonyl (C=O) groups excluding carboxylic acids is 1. The molecule has 0 saturated heterocycles. The Bertz CT molecular complexity index is 1170. The Labute approximate surface area is 198 Å². The summed E-state index contributed by atoms with van der Waals surface area (Å²) in [4.78, 5) is 29.6. The normalized spacial score (nSPS) is 14.1. The number of halogens is 1. The zero-order valence-corrected chi connectivity index (χ0v) is 19.3. The first-order valence-corrected chi connectivity index (χ1v) is 11.7. The van der Waals surface area contributed by atoms with Crippen molar-refractivity contribution < 1.29 is 13.9 Å². The van der Waals surface area contributed by atoms with Gasteiger partial charge in [-0.2, -0.15) is 0 Å². The molecule has 1 saturated carbocycles. The smallest absolute Gasteiger partial charge is 0.273 e. The fourth-order valence-electron chi connectivity index (χ4n) is 4.21. The molecule has 1 aliphatic rings. The highest BCUT2D eigenvalue weighted by atomic mass is 19.1. The number of aryl methyl sites for hydroxylation is 1. The Kier molecular flexibility index (Phi) is 7.67. The van der Waals surface area contributed by atoms with Crippen LogP contribution in [0, 0.1) is 5.82 Å². The first-order chi connectivity index (χ1) is 16.5. The van der Waals surface area contributed by atoms with Gasteiger partial charge in [0, 0.05) is 37.1 Å². The average Bonchev–Trinajstić information content (AvgIpc) is 2.87. The van der Waals surface area contributed by atoms with E-state index in [9.17, 15) is 14.0 Å². The second-order valence-corrected chi connectivity index (χ2v) is 8.65. The predicted octanol–water partition coefficient (Wildman–Crippen LogP) is 4.27. The van der Waals surface area contributed by atoms with Crippen LogP contribution in [-0.4, -0.2) is 39.1 Å². The van der Waals surface area contributed by atoms with Crippen molar-refractivity contribution in [1.29, 1.82) is 0 Å². The standard InChI is InChI=1S/C26H29FN4O3/c1-31(20-8-3-2-4-9-20)24(32)16-15-23-26(33)28-25(30-29-23)18-11-13-21(14-12-18)34-17-19-7-5-6-10-22(19)27/h5-7,10-14,20H,2-4,8-9,15-17H2,1H3,(H,28,30,33). The number of rotatable bonds is 8. The summed E-state index contributed by atoms with van der Waals surface area (Å²) in [6, 6.07) is 13.7. The number of carbonyl (C=O) groups is 1. The summed E-state index contributed by atoms with van der Waals surface area (Å²) in [6.07, 6.45) is 6.13. The Hall–Kier alpha value is -3.55. The first-order valence-electron chi connectivity index (χ1n) is 11.7. The molecule has 4 rings (SSSR count). The third-order valence-electron chi connectivity index (χ3n) is 6.34. The monoisotopic (exact) mass is 464 g/mol. The number of H-pyrrole nitrogens is 1. The number of hydrogen-bond donors (Lipinski definition) is 1. The number of amides is 1. The minimum atomic E-state index is -0.349. The van der Waals surface area contributed by atoms with Gasteiger partial charge < -0.3 is 14.6 Å². The molecule has 8 heteroatoms. The lowest BCUT2D eigenvalue weighted by Crippen LogP contribution is -2.38. The van der Waals surface area contributed by atoms with Crippen LogP contribution in [0.1, 0.15) is 49.8 Å². The minimum absolute atomic E-state index is 0.0307. The Morgan fingerprint density at radius 3 is 2.53 bits per heavy atom. The summed E-state index contributed by atoms with van der Waals surface area (Å²) in [6.45, 7) is 0.117. The molecule has 2 aromatic carbocycles. The molecule has 7 nitrogen and oxygen atoms in total. The van der Waals surface area contributed by atoms with E-state index in [4.69, 9.17) is 4.74 Å². The highest BCUT2D eigenvalue weighted by Gasteiger charge is 2.22. The van der Waals surface area contributed by atoms with Crippen molar-refractivity contribution in [2.75, 3.05) is 7.05 Å². The number of aromatic amines is 1. The molecule has 1 aromatic heterocycles. The number of benzene rings is 2. The first kappa shape index (κ1) is 23.6. The zero-order chi connectivity index (χ0) is 23.9. The van der Waals surface area contributed by atoms with Crippen LogP contribution >= 0.6 is 0 Å². The Morgan fingerprint density at radius 1 is 1.09 bits per heavy atom. The van der Waals surface area contributed by atoms with Gasteiger partial charge in [0.15, 0.2) is 5.82 Å². The van der Waals surface area contributed by atoms with Crippen LogP contribution in [0.3, 0.4) is 0 Å². The molecule has 1 aliphatic carbocycles. The molecule has 3 aromatic rings. The maximum absolute atomic E-state index is 13.7. The second kappa shape index (κ2) is 11.0. The highest BCUT2D eigenvalue weighted by Crippen LogP contribution is 2.22. The maximum Gasteiger partial charge on any atom is 0.273 e. The van der Waals surface area contributed by atoms with E-state index in [2.05, 4.69) is 15.2 Å². The Balaban J connectivity index is 1.33. The number of nitrogens with one attached hydrogen (secondary N) is 1. The van der Waals surface area contributed by atoms with Crippen LogP contribution in [0.25, 0.3) is 11.4 Å². The third-order valence-corrected chi connectivity index (χ3v) is 6.34. The second-order valence-electron chi connectivity index (χ2n) is 8.65. The molecule has 0 unspecified atom stereocenters. The van der Waals surface area contributed by atoms with Crippen LogP contribution in [0.4, 0.5) is 4.39 Å². The molecular formula is C26H29FN4O3. The summed E-state index contributed by atoms with van der Waals surface area (Å²) >= 11 is 0. The summed E-state index contributed by atoms with van der Waals surface area (Å²) in [5.41, 5.74) is 1.04. The van der Waals surface area contributed by atoms with Crippen molar-refractivity contribution in [2.45, 2.75) is 57.6 Å². The summed E-state index contributed by atoms with van der Waals surface area (Å²) in [5.74, 6) is 0.622. The maximum atomic E-state index is 13.7. The topological polar surface area (TPSA) is 88.2 Å². The van der Waals surface area contributed by atoms with Crippen molar-refractivity contribution in [3.8, 4) is 17.1 Å². The van der Waals surface area contributed by atoms with E-state index in [0.717, 1.165) is 25.7 Å². The summed E-state index contributed by atoms with van der Waals surface area (Å²) in [7, 11) is 1.85. The van der Waals surface area contributed by atoms with E-state index in [-0.39, 0.29) is 42.4 Å². The molecule has 34 heavy (non-hydrogen) atoms. The molecule has 1 fully saturated rings. The summed E-state index contributed by atoms with van der Waals surface area (Å²) in [5, 5.41) is 8.21. The molecule has 1 heterocycles. The van der Waals surface area contributed by atoms with Gasteiger partial charge in [-0.15, -0.1) is 10.2 Å². The molecule has 0 radical (unpaired) electrons. The van der Waals surface area contributed by atoms with Crippen molar-refractivity contribution in [3.05, 3.63) is 76.0 Å². The van der Waals surface area contributed by atoms with E-state index in [0.29, 0.717) is 28.7 Å². The van der Waals surface area contributed by atoms with Gasteiger partial charge in [-0.25, -0.2) is 4.39 Å². The van der Waals surface area contributed by atoms with Crippen molar-refractivity contribution >= 4 is 5.91 Å². The molecule has 0 bridgehead atoms. The van der Waals surface area contributed by atoms with Gasteiger partial charge in [0.05, 0.1) is 0 Å². The van der Waals surface area contributed by atoms with Crippen LogP contribution < -0.4 is 10.3 Å². The average molecular weight is 465 g/mol. The molecule has 1 N–H and O–H groups in total. The fourth-order valence-corrected chi connectivity index (χ4v) is 4.21. The molecule has 0 aliphatic heterocycles. The van der Waals surface area contributed by atoms with Gasteiger partial charge in [0.1, 0.15) is 23.9 Å². The van der Waals surface area contributed by atoms with E-state index in [1.54, 1.807) is 42.5 Å². The van der Waals surface area contributed by atoms with Gasteiger partial charge in [0.25, 0.3) is 5.56 Å². The number of hydrogen-bond acceptors (Lipinski definition) is 5. The van der Waals surface area contributed by atoms with E-state index in [1.807, 2.05) is 11.9 Å². The van der Waals surface area contributed by atoms with Crippen molar-refractivity contribution in [1.82, 2.24) is 20.1 Å². The lowest BCUT2D eigenvalue weighted by molar-refractivity contribution is -0.132. The quantitative estimate of drug-likeness (QED) is 0.538. The van der Waals surface area contributed by atoms with Gasteiger partial charge in [-0.05, 0) is 43.2 Å². The largest absolute Gasteiger partial charge is 0.489 e. The number of aromatic nitrogens is 3. The van der Waals surface area contributed by atoms with Crippen LogP contribution in [-0.2, 0) is 17.8 Å². The van der Waals surface area contributed by atoms with E-state index in [1.165, 1.54) is 12.5 Å². The number of nitrogens with zero attached hydrogens (tertiary/aromatic N) is 3. The lowest BCUT2D eigenvalue weighted by Gasteiger charge is -2.31. The molecule has 0 spiro atoms. The molecular weight excluding hydrogens is 435 g/mol. The van der Waals surface area contributed by atoms with Crippen LogP contribution in [0.2, 0.25) is 0 Å². The molecule has 1 amide bonds. The van der Waals surface area contributed by atoms with Crippen LogP contribution in [0.15, 0.2) is 53.3 Å². The highest BCUT2D eigenvalue weighted by molar-refractivity contribution is 5.76. The van der Waals surface area contributed by atoms with Gasteiger partial charge >= 0.3 is 0 Å². The van der Waals surface area contributed by atoms with Gasteiger partial charge in [-0.3, -0.25) is 9.59 Å². The van der Waals surface area contributed by atoms with E-state index < -0.39 is 0 Å². The Morgan fingerprint density at radius 2 is 1.82 bits per heavy atom. The minimum Gasteiger partial charge on any atom is -0.489 e. The van der Waals surface area contributed by atoms with Crippen molar-refractivity contribution in [3.63, 3.8) is 0 Å². The predicted molar refractivity (Wildman–Crippen MR) is 127 cm³/mol. The van der Waals surface area contributed by atoms with Gasteiger partial charge in [-0.1, -0.05) is 37.5 Å². The molecule has 0 atom stereocenters. The SMILES string of the molecule is CN(C(=O)CCc1nnc(-c2ccc(OCc3ccccc3F)cc2)[nH]c1=O)C1CCCCC1. The molecule has 178 valence electrons. The third kappa shape index (κ3) is 5.87. The fraction of sp³-hybridized carbons (Fsp3) is 0.385. The zero-order valence-electron chi connectivity index (χ0n) is 19.3. The number of ether oxygens (including phenoxy) is 1. The van der Waals surface area contributed by atoms with Crippen LogP contribution in [0.5, 0.6) is 5.75 Å². The lowest BCUT2D eigenvalue weighted by atomic mass is 9.94. The van der Waals surface area contributed by atoms with Gasteiger partial charge in [0.2, 0.25) is 5.91 Å².